The van der Waals surface area contributed by atoms with Gasteiger partial charge in [0.2, 0.25) is 0 Å². The highest BCUT2D eigenvalue weighted by Crippen LogP contribution is 2.26. The molecule has 0 radical (unpaired) electrons. The molecule has 8 heteroatoms. The van der Waals surface area contributed by atoms with Gasteiger partial charge in [0.05, 0.1) is 10.7 Å². The molecule has 31 heavy (non-hydrogen) atoms. The van der Waals surface area contributed by atoms with Crippen LogP contribution < -0.4 is 11.1 Å². The number of amides is 2. The number of nitrogens with two attached hydrogens (primary N) is 1. The number of rotatable bonds is 4. The van der Waals surface area contributed by atoms with E-state index in [0.29, 0.717) is 16.9 Å². The molecule has 3 aromatic rings. The fraction of sp³-hybridized carbons (Fsp3) is 0.174. The maximum atomic E-state index is 13.1. The summed E-state index contributed by atoms with van der Waals surface area (Å²) in [5, 5.41) is 2.77. The number of ether oxygens (including phenoxy) is 1. The Bertz CT molecular complexity index is 1080. The van der Waals surface area contributed by atoms with Crippen molar-refractivity contribution in [2.45, 2.75) is 25.9 Å². The standard InChI is InChI=1S/C16H13ClFNO.C7H8N2O2/c17-14-9-11(7-8-15(14)18)19-16(20)13-6-2-4-10-3-1-5-12(10)13;8-7(10)11-5-6-3-1-2-4-9-6/h2,4,6-9H,1,3,5H2,(H,19,20);1-4H,5H2,(H2,8,10). The van der Waals surface area contributed by atoms with E-state index in [1.807, 2.05) is 18.2 Å². The zero-order valence-corrected chi connectivity index (χ0v) is 17.4. The second-order valence-corrected chi connectivity index (χ2v) is 7.22. The van der Waals surface area contributed by atoms with Gasteiger partial charge in [-0.15, -0.1) is 0 Å². The first kappa shape index (κ1) is 22.2. The molecule has 0 saturated carbocycles. The molecule has 1 aliphatic rings. The predicted molar refractivity (Wildman–Crippen MR) is 116 cm³/mol. The Morgan fingerprint density at radius 1 is 1.13 bits per heavy atom. The fourth-order valence-corrected chi connectivity index (χ4v) is 3.41. The monoisotopic (exact) mass is 441 g/mol. The number of hydrogen-bond donors (Lipinski definition) is 2. The smallest absolute Gasteiger partial charge is 0.404 e. The first-order valence-electron chi connectivity index (χ1n) is 9.63. The quantitative estimate of drug-likeness (QED) is 0.602. The van der Waals surface area contributed by atoms with Crippen LogP contribution in [0.3, 0.4) is 0 Å². The molecule has 0 bridgehead atoms. The molecule has 1 aliphatic carbocycles. The Labute approximate surface area is 184 Å². The molecular weight excluding hydrogens is 421 g/mol. The summed E-state index contributed by atoms with van der Waals surface area (Å²) in [6.45, 7) is 0.135. The molecule has 1 heterocycles. The van der Waals surface area contributed by atoms with E-state index in [9.17, 15) is 14.0 Å². The highest BCUT2D eigenvalue weighted by Gasteiger charge is 2.18. The lowest BCUT2D eigenvalue weighted by atomic mass is 10.0. The minimum absolute atomic E-state index is 0.00101. The Kier molecular flexibility index (Phi) is 7.56. The third-order valence-electron chi connectivity index (χ3n) is 4.66. The van der Waals surface area contributed by atoms with Crippen molar-refractivity contribution in [3.05, 3.63) is 94.0 Å². The number of pyridine rings is 1. The van der Waals surface area contributed by atoms with Gasteiger partial charge in [0, 0.05) is 17.4 Å². The van der Waals surface area contributed by atoms with Crippen molar-refractivity contribution in [1.82, 2.24) is 4.98 Å². The molecule has 4 rings (SSSR count). The van der Waals surface area contributed by atoms with Crippen LogP contribution >= 0.6 is 11.6 Å². The summed E-state index contributed by atoms with van der Waals surface area (Å²) in [6, 6.07) is 15.3. The lowest BCUT2D eigenvalue weighted by Crippen LogP contribution is -2.14. The van der Waals surface area contributed by atoms with Crippen LogP contribution in [0, 0.1) is 5.82 Å². The van der Waals surface area contributed by atoms with E-state index in [0.717, 1.165) is 24.8 Å². The number of anilines is 1. The van der Waals surface area contributed by atoms with Crippen molar-refractivity contribution in [2.24, 2.45) is 5.73 Å². The summed E-state index contributed by atoms with van der Waals surface area (Å²) in [4.78, 5) is 26.4. The van der Waals surface area contributed by atoms with Crippen LogP contribution in [0.5, 0.6) is 0 Å². The Balaban J connectivity index is 0.000000210. The predicted octanol–water partition coefficient (Wildman–Crippen LogP) is 4.90. The lowest BCUT2D eigenvalue weighted by molar-refractivity contribution is 0.102. The number of carbonyl (C=O) groups is 2. The van der Waals surface area contributed by atoms with E-state index >= 15 is 0 Å². The van der Waals surface area contributed by atoms with Crippen molar-refractivity contribution in [3.8, 4) is 0 Å². The summed E-state index contributed by atoms with van der Waals surface area (Å²) in [5.41, 5.74) is 9.00. The van der Waals surface area contributed by atoms with Crippen LogP contribution in [0.2, 0.25) is 5.02 Å². The minimum atomic E-state index is -0.782. The summed E-state index contributed by atoms with van der Waals surface area (Å²) in [7, 11) is 0. The lowest BCUT2D eigenvalue weighted by Gasteiger charge is -2.10. The molecule has 0 saturated heterocycles. The molecule has 3 N–H and O–H groups in total. The van der Waals surface area contributed by atoms with Gasteiger partial charge in [-0.3, -0.25) is 9.78 Å². The molecule has 0 aliphatic heterocycles. The van der Waals surface area contributed by atoms with E-state index in [4.69, 9.17) is 17.3 Å². The van der Waals surface area contributed by atoms with Crippen LogP contribution in [0.4, 0.5) is 14.9 Å². The van der Waals surface area contributed by atoms with Crippen LogP contribution in [0.25, 0.3) is 0 Å². The summed E-state index contributed by atoms with van der Waals surface area (Å²) < 4.78 is 17.6. The second kappa shape index (κ2) is 10.5. The van der Waals surface area contributed by atoms with Gasteiger partial charge in [-0.05, 0) is 66.8 Å². The van der Waals surface area contributed by atoms with E-state index in [-0.39, 0.29) is 17.5 Å². The van der Waals surface area contributed by atoms with Gasteiger partial charge in [0.15, 0.2) is 0 Å². The average molecular weight is 442 g/mol. The van der Waals surface area contributed by atoms with Gasteiger partial charge in [-0.25, -0.2) is 9.18 Å². The number of nitrogens with zero attached hydrogens (tertiary/aromatic N) is 1. The molecule has 0 fully saturated rings. The molecule has 2 amide bonds. The molecule has 160 valence electrons. The number of hydrogen-bond acceptors (Lipinski definition) is 4. The molecule has 2 aromatic carbocycles. The zero-order chi connectivity index (χ0) is 22.2. The van der Waals surface area contributed by atoms with Crippen LogP contribution in [-0.2, 0) is 24.2 Å². The first-order chi connectivity index (χ1) is 14.9. The largest absolute Gasteiger partial charge is 0.443 e. The second-order valence-electron chi connectivity index (χ2n) is 6.81. The van der Waals surface area contributed by atoms with Crippen LogP contribution in [0.1, 0.15) is 33.6 Å². The molecule has 0 unspecified atom stereocenters. The number of benzene rings is 2. The Morgan fingerprint density at radius 2 is 1.97 bits per heavy atom. The molecular formula is C23H21ClFN3O3. The topological polar surface area (TPSA) is 94.3 Å². The number of aryl methyl sites for hydroxylation is 1. The van der Waals surface area contributed by atoms with Gasteiger partial charge in [-0.1, -0.05) is 29.8 Å². The third-order valence-corrected chi connectivity index (χ3v) is 4.95. The highest BCUT2D eigenvalue weighted by molar-refractivity contribution is 6.31. The Morgan fingerprint density at radius 3 is 2.68 bits per heavy atom. The van der Waals surface area contributed by atoms with E-state index < -0.39 is 11.9 Å². The molecule has 6 nitrogen and oxygen atoms in total. The van der Waals surface area contributed by atoms with Gasteiger partial charge >= 0.3 is 6.09 Å². The van der Waals surface area contributed by atoms with Crippen molar-refractivity contribution in [2.75, 3.05) is 5.32 Å². The number of halogens is 2. The fourth-order valence-electron chi connectivity index (χ4n) is 3.23. The number of fused-ring (bicyclic) bond motifs is 1. The van der Waals surface area contributed by atoms with Crippen molar-refractivity contribution >= 4 is 29.3 Å². The van der Waals surface area contributed by atoms with Crippen molar-refractivity contribution < 1.29 is 18.7 Å². The Hall–Kier alpha value is -3.45. The molecule has 0 atom stereocenters. The normalized spacial score (nSPS) is 11.7. The van der Waals surface area contributed by atoms with Gasteiger partial charge in [-0.2, -0.15) is 0 Å². The zero-order valence-electron chi connectivity index (χ0n) is 16.6. The molecule has 1 aromatic heterocycles. The molecule has 0 spiro atoms. The van der Waals surface area contributed by atoms with Crippen molar-refractivity contribution in [1.29, 1.82) is 0 Å². The number of aromatic nitrogens is 1. The summed E-state index contributed by atoms with van der Waals surface area (Å²) in [5.74, 6) is -0.670. The van der Waals surface area contributed by atoms with E-state index in [1.165, 1.54) is 23.8 Å². The van der Waals surface area contributed by atoms with Gasteiger partial charge in [0.25, 0.3) is 5.91 Å². The van der Waals surface area contributed by atoms with Crippen LogP contribution in [0.15, 0.2) is 60.8 Å². The summed E-state index contributed by atoms with van der Waals surface area (Å²) in [6.07, 6.45) is 3.89. The number of primary amides is 1. The van der Waals surface area contributed by atoms with E-state index in [2.05, 4.69) is 21.1 Å². The first-order valence-corrected chi connectivity index (χ1v) is 10.0. The van der Waals surface area contributed by atoms with Crippen LogP contribution in [-0.4, -0.2) is 17.0 Å². The van der Waals surface area contributed by atoms with Gasteiger partial charge in [0.1, 0.15) is 12.4 Å². The van der Waals surface area contributed by atoms with E-state index in [1.54, 1.807) is 18.3 Å². The summed E-state index contributed by atoms with van der Waals surface area (Å²) >= 11 is 5.71. The third kappa shape index (κ3) is 6.26. The van der Waals surface area contributed by atoms with Gasteiger partial charge < -0.3 is 15.8 Å². The van der Waals surface area contributed by atoms with Crippen molar-refractivity contribution in [3.63, 3.8) is 0 Å². The number of nitrogens with one attached hydrogen (secondary N) is 1. The maximum Gasteiger partial charge on any atom is 0.404 e. The SMILES string of the molecule is NC(=O)OCc1ccccn1.O=C(Nc1ccc(F)c(Cl)c1)c1cccc2c1CCC2. The average Bonchev–Trinajstić information content (AvgIpc) is 3.25. The maximum absolute atomic E-state index is 13.1. The highest BCUT2D eigenvalue weighted by atomic mass is 35.5. The number of carbonyl (C=O) groups excluding carboxylic acids is 2. The minimum Gasteiger partial charge on any atom is -0.443 e.